The van der Waals surface area contributed by atoms with E-state index in [1.165, 1.54) is 0 Å². The molecule has 0 amide bonds. The van der Waals surface area contributed by atoms with Crippen molar-refractivity contribution in [1.82, 2.24) is 0 Å². The highest BCUT2D eigenvalue weighted by Gasteiger charge is 2.14. The molecule has 2 nitrogen and oxygen atoms in total. The standard InChI is InChI=1S/C16H16O2/c1-11-6-4-7-12(2)15(11)16(17)13-8-5-9-14(10-13)18-3/h4-10H,1-3H3. The lowest BCUT2D eigenvalue weighted by Gasteiger charge is -2.09. The molecule has 0 N–H and O–H groups in total. The van der Waals surface area contributed by atoms with Crippen molar-refractivity contribution in [3.05, 3.63) is 64.7 Å². The summed E-state index contributed by atoms with van der Waals surface area (Å²) in [6, 6.07) is 13.1. The van der Waals surface area contributed by atoms with Crippen LogP contribution in [-0.2, 0) is 0 Å². The first-order chi connectivity index (χ1) is 8.63. The molecule has 0 spiro atoms. The summed E-state index contributed by atoms with van der Waals surface area (Å²) in [4.78, 5) is 12.5. The second kappa shape index (κ2) is 5.05. The predicted molar refractivity (Wildman–Crippen MR) is 72.3 cm³/mol. The summed E-state index contributed by atoms with van der Waals surface area (Å²) in [5, 5.41) is 0. The smallest absolute Gasteiger partial charge is 0.193 e. The molecule has 92 valence electrons. The second-order valence-corrected chi connectivity index (χ2v) is 4.33. The molecule has 2 aromatic rings. The van der Waals surface area contributed by atoms with Crippen LogP contribution >= 0.6 is 0 Å². The van der Waals surface area contributed by atoms with Crippen molar-refractivity contribution in [2.24, 2.45) is 0 Å². The zero-order valence-electron chi connectivity index (χ0n) is 10.9. The number of hydrogen-bond donors (Lipinski definition) is 0. The van der Waals surface area contributed by atoms with Gasteiger partial charge in [-0.2, -0.15) is 0 Å². The Hall–Kier alpha value is -2.09. The number of carbonyl (C=O) groups excluding carboxylic acids is 1. The van der Waals surface area contributed by atoms with Gasteiger partial charge in [-0.05, 0) is 37.1 Å². The van der Waals surface area contributed by atoms with Gasteiger partial charge in [-0.25, -0.2) is 0 Å². The summed E-state index contributed by atoms with van der Waals surface area (Å²) in [5.41, 5.74) is 3.45. The van der Waals surface area contributed by atoms with Gasteiger partial charge in [-0.3, -0.25) is 4.79 Å². The Bertz CT molecular complexity index is 565. The van der Waals surface area contributed by atoms with Crippen molar-refractivity contribution in [2.45, 2.75) is 13.8 Å². The van der Waals surface area contributed by atoms with Gasteiger partial charge in [0.2, 0.25) is 0 Å². The Labute approximate surface area is 107 Å². The van der Waals surface area contributed by atoms with E-state index in [2.05, 4.69) is 0 Å². The minimum absolute atomic E-state index is 0.0458. The minimum Gasteiger partial charge on any atom is -0.497 e. The number of rotatable bonds is 3. The van der Waals surface area contributed by atoms with Gasteiger partial charge in [-0.15, -0.1) is 0 Å². The summed E-state index contributed by atoms with van der Waals surface area (Å²) in [5.74, 6) is 0.747. The maximum absolute atomic E-state index is 12.5. The van der Waals surface area contributed by atoms with Crippen LogP contribution in [0.5, 0.6) is 5.75 Å². The van der Waals surface area contributed by atoms with Gasteiger partial charge in [0.15, 0.2) is 5.78 Å². The average Bonchev–Trinajstić information content (AvgIpc) is 2.38. The molecule has 0 aliphatic carbocycles. The van der Waals surface area contributed by atoms with Crippen molar-refractivity contribution in [3.8, 4) is 5.75 Å². The molecule has 0 aliphatic heterocycles. The summed E-state index contributed by atoms with van der Waals surface area (Å²) in [7, 11) is 1.60. The number of ketones is 1. The van der Waals surface area contributed by atoms with Crippen LogP contribution in [0.15, 0.2) is 42.5 Å². The molecule has 2 rings (SSSR count). The van der Waals surface area contributed by atoms with Crippen molar-refractivity contribution >= 4 is 5.78 Å². The van der Waals surface area contributed by atoms with E-state index in [4.69, 9.17) is 4.74 Å². The monoisotopic (exact) mass is 240 g/mol. The quantitative estimate of drug-likeness (QED) is 0.767. The van der Waals surface area contributed by atoms with Gasteiger partial charge >= 0.3 is 0 Å². The van der Waals surface area contributed by atoms with E-state index in [1.807, 2.05) is 50.2 Å². The maximum atomic E-state index is 12.5. The van der Waals surface area contributed by atoms with E-state index in [0.717, 1.165) is 16.7 Å². The van der Waals surface area contributed by atoms with E-state index in [-0.39, 0.29) is 5.78 Å². The van der Waals surface area contributed by atoms with Crippen LogP contribution in [0.1, 0.15) is 27.0 Å². The molecule has 0 aromatic heterocycles. The fourth-order valence-electron chi connectivity index (χ4n) is 2.08. The number of carbonyl (C=O) groups is 1. The molecular weight excluding hydrogens is 224 g/mol. The highest BCUT2D eigenvalue weighted by molar-refractivity contribution is 6.11. The summed E-state index contributed by atoms with van der Waals surface area (Å²) >= 11 is 0. The predicted octanol–water partition coefficient (Wildman–Crippen LogP) is 3.54. The Morgan fingerprint density at radius 2 is 1.61 bits per heavy atom. The SMILES string of the molecule is COc1cccc(C(=O)c2c(C)cccc2C)c1. The maximum Gasteiger partial charge on any atom is 0.193 e. The second-order valence-electron chi connectivity index (χ2n) is 4.33. The van der Waals surface area contributed by atoms with Crippen LogP contribution in [0.4, 0.5) is 0 Å². The molecule has 0 heterocycles. The first-order valence-electron chi connectivity index (χ1n) is 5.88. The highest BCUT2D eigenvalue weighted by Crippen LogP contribution is 2.20. The van der Waals surface area contributed by atoms with Crippen LogP contribution in [0, 0.1) is 13.8 Å². The van der Waals surface area contributed by atoms with E-state index in [1.54, 1.807) is 13.2 Å². The first-order valence-corrected chi connectivity index (χ1v) is 5.88. The fourth-order valence-corrected chi connectivity index (χ4v) is 2.08. The molecular formula is C16H16O2. The molecule has 2 aromatic carbocycles. The lowest BCUT2D eigenvalue weighted by molar-refractivity contribution is 0.103. The minimum atomic E-state index is 0.0458. The molecule has 0 fully saturated rings. The lowest BCUT2D eigenvalue weighted by atomic mass is 9.95. The van der Waals surface area contributed by atoms with Crippen molar-refractivity contribution in [3.63, 3.8) is 0 Å². The Kier molecular flexibility index (Phi) is 3.47. The van der Waals surface area contributed by atoms with Crippen molar-refractivity contribution < 1.29 is 9.53 Å². The Balaban J connectivity index is 2.48. The molecule has 0 unspecified atom stereocenters. The van der Waals surface area contributed by atoms with Gasteiger partial charge in [0, 0.05) is 11.1 Å². The number of benzene rings is 2. The molecule has 0 atom stereocenters. The fraction of sp³-hybridized carbons (Fsp3) is 0.188. The van der Waals surface area contributed by atoms with Crippen molar-refractivity contribution in [1.29, 1.82) is 0 Å². The van der Waals surface area contributed by atoms with Crippen LogP contribution in [-0.4, -0.2) is 12.9 Å². The third-order valence-electron chi connectivity index (χ3n) is 3.04. The first kappa shape index (κ1) is 12.4. The number of aryl methyl sites for hydroxylation is 2. The van der Waals surface area contributed by atoms with Crippen LogP contribution in [0.2, 0.25) is 0 Å². The molecule has 0 bridgehead atoms. The normalized spacial score (nSPS) is 10.2. The van der Waals surface area contributed by atoms with Crippen LogP contribution in [0.25, 0.3) is 0 Å². The van der Waals surface area contributed by atoms with Gasteiger partial charge in [-0.1, -0.05) is 30.3 Å². The topological polar surface area (TPSA) is 26.3 Å². The number of methoxy groups -OCH3 is 1. The number of ether oxygens (including phenoxy) is 1. The molecule has 0 saturated carbocycles. The molecule has 0 saturated heterocycles. The van der Waals surface area contributed by atoms with Gasteiger partial charge < -0.3 is 4.74 Å². The molecule has 18 heavy (non-hydrogen) atoms. The largest absolute Gasteiger partial charge is 0.497 e. The zero-order chi connectivity index (χ0) is 13.1. The zero-order valence-corrected chi connectivity index (χ0v) is 10.9. The average molecular weight is 240 g/mol. The summed E-state index contributed by atoms with van der Waals surface area (Å²) in [6.45, 7) is 3.92. The molecule has 0 aliphatic rings. The van der Waals surface area contributed by atoms with Gasteiger partial charge in [0.25, 0.3) is 0 Å². The van der Waals surface area contributed by atoms with Crippen LogP contribution < -0.4 is 4.74 Å². The summed E-state index contributed by atoms with van der Waals surface area (Å²) < 4.78 is 5.15. The highest BCUT2D eigenvalue weighted by atomic mass is 16.5. The van der Waals surface area contributed by atoms with Gasteiger partial charge in [0.1, 0.15) is 5.75 Å². The Morgan fingerprint density at radius 1 is 1.00 bits per heavy atom. The molecule has 0 radical (unpaired) electrons. The number of hydrogen-bond acceptors (Lipinski definition) is 2. The van der Waals surface area contributed by atoms with Gasteiger partial charge in [0.05, 0.1) is 7.11 Å². The summed E-state index contributed by atoms with van der Waals surface area (Å²) in [6.07, 6.45) is 0. The van der Waals surface area contributed by atoms with E-state index in [9.17, 15) is 4.79 Å². The van der Waals surface area contributed by atoms with Crippen molar-refractivity contribution in [2.75, 3.05) is 7.11 Å². The molecule has 2 heteroatoms. The van der Waals surface area contributed by atoms with E-state index >= 15 is 0 Å². The lowest BCUT2D eigenvalue weighted by Crippen LogP contribution is -2.06. The Morgan fingerprint density at radius 3 is 2.22 bits per heavy atom. The van der Waals surface area contributed by atoms with E-state index in [0.29, 0.717) is 11.3 Å². The third kappa shape index (κ3) is 2.28. The van der Waals surface area contributed by atoms with Crippen LogP contribution in [0.3, 0.4) is 0 Å². The third-order valence-corrected chi connectivity index (χ3v) is 3.04. The van der Waals surface area contributed by atoms with E-state index < -0.39 is 0 Å².